The van der Waals surface area contributed by atoms with Gasteiger partial charge in [0.2, 0.25) is 5.78 Å². The van der Waals surface area contributed by atoms with Crippen molar-refractivity contribution in [2.75, 3.05) is 13.7 Å². The molecule has 1 fully saturated rings. The topological polar surface area (TPSA) is 35.5 Å². The Balaban J connectivity index is 1.57. The van der Waals surface area contributed by atoms with Crippen LogP contribution in [0.15, 0.2) is 24.3 Å². The molecule has 0 aromatic heterocycles. The number of hydrogen-bond donors (Lipinski definition) is 0. The van der Waals surface area contributed by atoms with Gasteiger partial charge in [-0.05, 0) is 42.9 Å². The van der Waals surface area contributed by atoms with E-state index in [0.29, 0.717) is 25.6 Å². The Labute approximate surface area is 139 Å². The molecule has 0 spiro atoms. The number of hydrogen-bond acceptors (Lipinski definition) is 3. The summed E-state index contributed by atoms with van der Waals surface area (Å²) in [6, 6.07) is 7.81. The molecule has 0 saturated heterocycles. The van der Waals surface area contributed by atoms with E-state index in [4.69, 9.17) is 9.47 Å². The first-order valence-corrected chi connectivity index (χ1v) is 8.53. The van der Waals surface area contributed by atoms with Crippen LogP contribution in [0.25, 0.3) is 0 Å². The van der Waals surface area contributed by atoms with Gasteiger partial charge in [-0.25, -0.2) is 0 Å². The largest absolute Gasteiger partial charge is 0.497 e. The lowest BCUT2D eigenvalue weighted by Gasteiger charge is -2.15. The van der Waals surface area contributed by atoms with E-state index in [0.717, 1.165) is 30.6 Å². The highest BCUT2D eigenvalue weighted by molar-refractivity contribution is 5.95. The molecular formula is C20H26O3. The third-order valence-electron chi connectivity index (χ3n) is 4.14. The van der Waals surface area contributed by atoms with Gasteiger partial charge in [-0.3, -0.25) is 4.79 Å². The Kier molecular flexibility index (Phi) is 7.69. The van der Waals surface area contributed by atoms with Crippen LogP contribution in [0.3, 0.4) is 0 Å². The van der Waals surface area contributed by atoms with E-state index in [9.17, 15) is 4.79 Å². The fourth-order valence-corrected chi connectivity index (χ4v) is 2.74. The Morgan fingerprint density at radius 3 is 2.61 bits per heavy atom. The van der Waals surface area contributed by atoms with E-state index in [1.54, 1.807) is 7.11 Å². The van der Waals surface area contributed by atoms with Crippen molar-refractivity contribution in [1.82, 2.24) is 0 Å². The molecule has 2 rings (SSSR count). The fourth-order valence-electron chi connectivity index (χ4n) is 2.74. The Morgan fingerprint density at radius 1 is 1.17 bits per heavy atom. The highest BCUT2D eigenvalue weighted by atomic mass is 16.5. The molecule has 1 aliphatic carbocycles. The van der Waals surface area contributed by atoms with Gasteiger partial charge in [-0.1, -0.05) is 37.3 Å². The quantitative estimate of drug-likeness (QED) is 0.431. The van der Waals surface area contributed by atoms with Crippen LogP contribution in [-0.4, -0.2) is 19.5 Å². The lowest BCUT2D eigenvalue weighted by atomic mass is 9.90. The van der Waals surface area contributed by atoms with Crippen LogP contribution in [0, 0.1) is 17.8 Å². The molecule has 3 heteroatoms. The molecule has 0 atom stereocenters. The average molecular weight is 314 g/mol. The number of carbonyl (C=O) groups excluding carboxylic acids is 1. The number of rotatable bonds is 7. The molecule has 0 N–H and O–H groups in total. The molecule has 0 heterocycles. The molecule has 0 unspecified atom stereocenters. The first-order chi connectivity index (χ1) is 11.3. The smallest absolute Gasteiger partial charge is 0.205 e. The zero-order valence-electron chi connectivity index (χ0n) is 14.0. The molecular weight excluding hydrogens is 288 g/mol. The molecule has 124 valence electrons. The van der Waals surface area contributed by atoms with E-state index in [1.165, 1.54) is 19.3 Å². The van der Waals surface area contributed by atoms with Crippen molar-refractivity contribution in [3.8, 4) is 17.6 Å². The van der Waals surface area contributed by atoms with Crippen LogP contribution in [0.4, 0.5) is 0 Å². The van der Waals surface area contributed by atoms with E-state index in [-0.39, 0.29) is 5.78 Å². The molecule has 23 heavy (non-hydrogen) atoms. The summed E-state index contributed by atoms with van der Waals surface area (Å²) in [4.78, 5) is 11.7. The summed E-state index contributed by atoms with van der Waals surface area (Å²) in [5, 5.41) is 0. The normalized spacial score (nSPS) is 14.8. The number of Topliss-reactive ketones (excluding diaryl/α,β-unsaturated/α-hetero) is 1. The van der Waals surface area contributed by atoms with Crippen molar-refractivity contribution in [1.29, 1.82) is 0 Å². The molecule has 3 nitrogen and oxygen atoms in total. The lowest BCUT2D eigenvalue weighted by molar-refractivity contribution is -0.114. The zero-order chi connectivity index (χ0) is 16.3. The first-order valence-electron chi connectivity index (χ1n) is 8.53. The highest BCUT2D eigenvalue weighted by Gasteiger charge is 2.10. The van der Waals surface area contributed by atoms with Gasteiger partial charge in [-0.15, -0.1) is 0 Å². The number of ketones is 1. The second kappa shape index (κ2) is 10.1. The van der Waals surface area contributed by atoms with Crippen molar-refractivity contribution in [3.63, 3.8) is 0 Å². The lowest BCUT2D eigenvalue weighted by Crippen LogP contribution is -2.05. The second-order valence-corrected chi connectivity index (χ2v) is 6.03. The van der Waals surface area contributed by atoms with E-state index < -0.39 is 0 Å². The van der Waals surface area contributed by atoms with Gasteiger partial charge in [0, 0.05) is 18.9 Å². The van der Waals surface area contributed by atoms with Crippen molar-refractivity contribution in [2.45, 2.75) is 51.6 Å². The van der Waals surface area contributed by atoms with Crippen molar-refractivity contribution < 1.29 is 14.3 Å². The van der Waals surface area contributed by atoms with Gasteiger partial charge >= 0.3 is 0 Å². The predicted molar refractivity (Wildman–Crippen MR) is 91.2 cm³/mol. The van der Waals surface area contributed by atoms with Crippen LogP contribution in [0.1, 0.15) is 50.5 Å². The standard InChI is InChI=1S/C20H26O3/c1-22-20-13-10-18(11-14-20)16-23-15-5-8-19(21)12-9-17-6-3-2-4-7-17/h10-11,13-14,17H,2-8,15-16H2,1H3. The van der Waals surface area contributed by atoms with Crippen molar-refractivity contribution in [3.05, 3.63) is 29.8 Å². The summed E-state index contributed by atoms with van der Waals surface area (Å²) in [7, 11) is 1.65. The second-order valence-electron chi connectivity index (χ2n) is 6.03. The van der Waals surface area contributed by atoms with Crippen LogP contribution in [-0.2, 0) is 16.1 Å². The van der Waals surface area contributed by atoms with Gasteiger partial charge in [0.05, 0.1) is 13.7 Å². The minimum Gasteiger partial charge on any atom is -0.497 e. The summed E-state index contributed by atoms with van der Waals surface area (Å²) in [6.45, 7) is 1.15. The summed E-state index contributed by atoms with van der Waals surface area (Å²) in [5.41, 5.74) is 1.11. The summed E-state index contributed by atoms with van der Waals surface area (Å²) < 4.78 is 10.7. The maximum absolute atomic E-state index is 11.7. The Morgan fingerprint density at radius 2 is 1.91 bits per heavy atom. The summed E-state index contributed by atoms with van der Waals surface area (Å²) >= 11 is 0. The molecule has 1 aromatic rings. The maximum Gasteiger partial charge on any atom is 0.205 e. The minimum absolute atomic E-state index is 0.0450. The van der Waals surface area contributed by atoms with E-state index in [2.05, 4.69) is 11.8 Å². The van der Waals surface area contributed by atoms with Crippen LogP contribution in [0.2, 0.25) is 0 Å². The number of benzene rings is 1. The third kappa shape index (κ3) is 6.88. The Hall–Kier alpha value is -1.79. The van der Waals surface area contributed by atoms with E-state index in [1.807, 2.05) is 24.3 Å². The van der Waals surface area contributed by atoms with Crippen LogP contribution < -0.4 is 4.74 Å². The molecule has 1 aromatic carbocycles. The van der Waals surface area contributed by atoms with Crippen molar-refractivity contribution >= 4 is 5.78 Å². The summed E-state index contributed by atoms with van der Waals surface area (Å²) in [6.07, 6.45) is 7.37. The molecule has 0 bridgehead atoms. The van der Waals surface area contributed by atoms with Crippen LogP contribution >= 0.6 is 0 Å². The van der Waals surface area contributed by atoms with Gasteiger partial charge in [0.1, 0.15) is 5.75 Å². The molecule has 0 amide bonds. The zero-order valence-corrected chi connectivity index (χ0v) is 14.0. The number of ether oxygens (including phenoxy) is 2. The van der Waals surface area contributed by atoms with Gasteiger partial charge in [0.25, 0.3) is 0 Å². The average Bonchev–Trinajstić information content (AvgIpc) is 2.61. The molecule has 0 radical (unpaired) electrons. The van der Waals surface area contributed by atoms with Gasteiger partial charge in [0.15, 0.2) is 0 Å². The van der Waals surface area contributed by atoms with Gasteiger partial charge < -0.3 is 9.47 Å². The highest BCUT2D eigenvalue weighted by Crippen LogP contribution is 2.22. The number of methoxy groups -OCH3 is 1. The first kappa shape index (κ1) is 17.6. The maximum atomic E-state index is 11.7. The van der Waals surface area contributed by atoms with Crippen molar-refractivity contribution in [2.24, 2.45) is 5.92 Å². The third-order valence-corrected chi connectivity index (χ3v) is 4.14. The molecule has 1 saturated carbocycles. The van der Waals surface area contributed by atoms with Gasteiger partial charge in [-0.2, -0.15) is 0 Å². The van der Waals surface area contributed by atoms with E-state index >= 15 is 0 Å². The van der Waals surface area contributed by atoms with Crippen LogP contribution in [0.5, 0.6) is 5.75 Å². The molecule has 0 aliphatic heterocycles. The fraction of sp³-hybridized carbons (Fsp3) is 0.550. The SMILES string of the molecule is COc1ccc(COCCCC(=O)C#CC2CCCCC2)cc1. The predicted octanol–water partition coefficient (Wildman–Crippen LogP) is 4.14. The monoisotopic (exact) mass is 314 g/mol. The molecule has 1 aliphatic rings. The number of carbonyl (C=O) groups is 1. The summed E-state index contributed by atoms with van der Waals surface area (Å²) in [5.74, 6) is 7.29. The minimum atomic E-state index is 0.0450. The Bertz CT molecular complexity index is 530.